The molecule has 2 aromatic rings. The molecule has 1 aromatic heterocycles. The van der Waals surface area contributed by atoms with Crippen LogP contribution in [-0.2, 0) is 7.05 Å². The fraction of sp³-hybridized carbons (Fsp3) is 0.500. The fourth-order valence-corrected chi connectivity index (χ4v) is 2.82. The van der Waals surface area contributed by atoms with Gasteiger partial charge in [-0.1, -0.05) is 37.5 Å². The first kappa shape index (κ1) is 11.7. The van der Waals surface area contributed by atoms with Gasteiger partial charge in [-0.05, 0) is 18.4 Å². The average Bonchev–Trinajstić information content (AvgIpc) is 2.67. The number of para-hydroxylation sites is 1. The minimum absolute atomic E-state index is 0.168. The highest BCUT2D eigenvalue weighted by molar-refractivity contribution is 5.82. The molecule has 0 spiro atoms. The fourth-order valence-electron chi connectivity index (χ4n) is 2.82. The van der Waals surface area contributed by atoms with Crippen LogP contribution in [0.3, 0.4) is 0 Å². The lowest BCUT2D eigenvalue weighted by molar-refractivity contribution is 0.260. The Morgan fingerprint density at radius 2 is 2.22 bits per heavy atom. The monoisotopic (exact) mass is 244 g/mol. The summed E-state index contributed by atoms with van der Waals surface area (Å²) in [7, 11) is 1.99. The molecule has 0 bridgehead atoms. The molecule has 4 nitrogen and oxygen atoms in total. The van der Waals surface area contributed by atoms with Crippen LogP contribution in [-0.4, -0.2) is 9.78 Å². The van der Waals surface area contributed by atoms with Gasteiger partial charge in [0.15, 0.2) is 0 Å². The molecule has 4 heteroatoms. The standard InChI is InChI=1S/C14H20N4/c1-18-13-8-3-2-7-11(13)14(17-18)12(16-15)9-10-5-4-6-10/h2-3,7-8,10,12,16H,4-6,9,15H2,1H3. The van der Waals surface area contributed by atoms with Crippen molar-refractivity contribution in [2.24, 2.45) is 18.8 Å². The molecular weight excluding hydrogens is 224 g/mol. The molecule has 18 heavy (non-hydrogen) atoms. The van der Waals surface area contributed by atoms with Gasteiger partial charge >= 0.3 is 0 Å². The van der Waals surface area contributed by atoms with Crippen molar-refractivity contribution in [2.75, 3.05) is 0 Å². The summed E-state index contributed by atoms with van der Waals surface area (Å²) in [6.07, 6.45) is 5.13. The first-order chi connectivity index (χ1) is 8.79. The highest BCUT2D eigenvalue weighted by atomic mass is 15.3. The van der Waals surface area contributed by atoms with E-state index >= 15 is 0 Å². The molecule has 1 aliphatic carbocycles. The number of aryl methyl sites for hydroxylation is 1. The van der Waals surface area contributed by atoms with Gasteiger partial charge in [0.25, 0.3) is 0 Å². The van der Waals surface area contributed by atoms with Crippen molar-refractivity contribution in [3.63, 3.8) is 0 Å². The maximum absolute atomic E-state index is 5.73. The molecule has 3 N–H and O–H groups in total. The second kappa shape index (κ2) is 4.71. The van der Waals surface area contributed by atoms with Gasteiger partial charge in [-0.25, -0.2) is 0 Å². The number of nitrogens with one attached hydrogen (secondary N) is 1. The van der Waals surface area contributed by atoms with Gasteiger partial charge < -0.3 is 0 Å². The minimum atomic E-state index is 0.168. The zero-order valence-electron chi connectivity index (χ0n) is 10.8. The Morgan fingerprint density at radius 1 is 1.44 bits per heavy atom. The zero-order valence-corrected chi connectivity index (χ0v) is 10.8. The Balaban J connectivity index is 1.95. The second-order valence-electron chi connectivity index (χ2n) is 5.28. The highest BCUT2D eigenvalue weighted by Crippen LogP contribution is 2.35. The number of fused-ring (bicyclic) bond motifs is 1. The topological polar surface area (TPSA) is 55.9 Å². The van der Waals surface area contributed by atoms with Crippen LogP contribution in [0.15, 0.2) is 24.3 Å². The highest BCUT2D eigenvalue weighted by Gasteiger charge is 2.25. The smallest absolute Gasteiger partial charge is 0.0886 e. The normalized spacial score (nSPS) is 17.9. The van der Waals surface area contributed by atoms with E-state index in [1.165, 1.54) is 30.2 Å². The van der Waals surface area contributed by atoms with Gasteiger partial charge in [-0.3, -0.25) is 16.0 Å². The van der Waals surface area contributed by atoms with E-state index in [2.05, 4.69) is 28.7 Å². The number of nitrogens with two attached hydrogens (primary N) is 1. The van der Waals surface area contributed by atoms with E-state index < -0.39 is 0 Å². The Bertz CT molecular complexity index is 542. The number of nitrogens with zero attached hydrogens (tertiary/aromatic N) is 2. The number of aromatic nitrogens is 2. The van der Waals surface area contributed by atoms with E-state index in [4.69, 9.17) is 5.84 Å². The largest absolute Gasteiger partial charge is 0.271 e. The first-order valence-corrected chi connectivity index (χ1v) is 6.67. The van der Waals surface area contributed by atoms with Crippen LogP contribution in [0.2, 0.25) is 0 Å². The summed E-state index contributed by atoms with van der Waals surface area (Å²) in [5.41, 5.74) is 5.20. The van der Waals surface area contributed by atoms with Gasteiger partial charge in [-0.15, -0.1) is 0 Å². The lowest BCUT2D eigenvalue weighted by Crippen LogP contribution is -2.31. The summed E-state index contributed by atoms with van der Waals surface area (Å²) in [6.45, 7) is 0. The number of hydrogen-bond donors (Lipinski definition) is 2. The predicted molar refractivity (Wildman–Crippen MR) is 72.7 cm³/mol. The summed E-state index contributed by atoms with van der Waals surface area (Å²) in [5.74, 6) is 6.54. The van der Waals surface area contributed by atoms with Gasteiger partial charge in [0, 0.05) is 12.4 Å². The maximum atomic E-state index is 5.73. The molecule has 0 saturated heterocycles. The van der Waals surface area contributed by atoms with Crippen LogP contribution in [0.5, 0.6) is 0 Å². The van der Waals surface area contributed by atoms with Crippen molar-refractivity contribution in [1.29, 1.82) is 0 Å². The van der Waals surface area contributed by atoms with Crippen molar-refractivity contribution >= 4 is 10.9 Å². The van der Waals surface area contributed by atoms with Crippen LogP contribution in [0.1, 0.15) is 37.4 Å². The number of hydrazine groups is 1. The number of hydrogen-bond acceptors (Lipinski definition) is 3. The Hall–Kier alpha value is -1.39. The van der Waals surface area contributed by atoms with E-state index in [0.717, 1.165) is 18.0 Å². The van der Waals surface area contributed by atoms with Crippen molar-refractivity contribution in [3.05, 3.63) is 30.0 Å². The van der Waals surface area contributed by atoms with Crippen molar-refractivity contribution < 1.29 is 0 Å². The molecule has 1 saturated carbocycles. The molecule has 1 atom stereocenters. The Kier molecular flexibility index (Phi) is 3.06. The number of benzene rings is 1. The molecule has 1 heterocycles. The molecule has 96 valence electrons. The summed E-state index contributed by atoms with van der Waals surface area (Å²) in [4.78, 5) is 0. The average molecular weight is 244 g/mol. The summed E-state index contributed by atoms with van der Waals surface area (Å²) < 4.78 is 1.94. The van der Waals surface area contributed by atoms with Gasteiger partial charge in [0.1, 0.15) is 0 Å². The zero-order chi connectivity index (χ0) is 12.5. The molecule has 0 aliphatic heterocycles. The predicted octanol–water partition coefficient (Wildman–Crippen LogP) is 2.27. The van der Waals surface area contributed by atoms with E-state index in [1.54, 1.807) is 0 Å². The Morgan fingerprint density at radius 3 is 2.89 bits per heavy atom. The lowest BCUT2D eigenvalue weighted by Gasteiger charge is -2.28. The van der Waals surface area contributed by atoms with Crippen molar-refractivity contribution in [3.8, 4) is 0 Å². The quantitative estimate of drug-likeness (QED) is 0.641. The van der Waals surface area contributed by atoms with Crippen LogP contribution in [0, 0.1) is 5.92 Å². The van der Waals surface area contributed by atoms with Crippen LogP contribution in [0.4, 0.5) is 0 Å². The lowest BCUT2D eigenvalue weighted by atomic mass is 9.80. The molecule has 1 fully saturated rings. The summed E-state index contributed by atoms with van der Waals surface area (Å²) in [5, 5.41) is 5.86. The van der Waals surface area contributed by atoms with E-state index in [1.807, 2.05) is 17.8 Å². The molecule has 0 radical (unpaired) electrons. The van der Waals surface area contributed by atoms with Crippen LogP contribution >= 0.6 is 0 Å². The van der Waals surface area contributed by atoms with E-state index in [0.29, 0.717) is 0 Å². The van der Waals surface area contributed by atoms with Crippen LogP contribution in [0.25, 0.3) is 10.9 Å². The van der Waals surface area contributed by atoms with Gasteiger partial charge in [0.2, 0.25) is 0 Å². The summed E-state index contributed by atoms with van der Waals surface area (Å²) in [6, 6.07) is 8.50. The van der Waals surface area contributed by atoms with Crippen LogP contribution < -0.4 is 11.3 Å². The molecular formula is C14H20N4. The third-order valence-electron chi connectivity index (χ3n) is 4.11. The van der Waals surface area contributed by atoms with E-state index in [-0.39, 0.29) is 6.04 Å². The minimum Gasteiger partial charge on any atom is -0.271 e. The third kappa shape index (κ3) is 1.91. The molecule has 1 unspecified atom stereocenters. The molecule has 1 aromatic carbocycles. The van der Waals surface area contributed by atoms with Gasteiger partial charge in [-0.2, -0.15) is 5.10 Å². The first-order valence-electron chi connectivity index (χ1n) is 6.67. The van der Waals surface area contributed by atoms with Gasteiger partial charge in [0.05, 0.1) is 17.3 Å². The SMILES string of the molecule is Cn1nc(C(CC2CCC2)NN)c2ccccc21. The maximum Gasteiger partial charge on any atom is 0.0886 e. The number of rotatable bonds is 4. The van der Waals surface area contributed by atoms with Crippen molar-refractivity contribution in [2.45, 2.75) is 31.7 Å². The molecule has 3 rings (SSSR count). The molecule has 0 amide bonds. The Labute approximate surface area is 107 Å². The van der Waals surface area contributed by atoms with Crippen molar-refractivity contribution in [1.82, 2.24) is 15.2 Å². The summed E-state index contributed by atoms with van der Waals surface area (Å²) >= 11 is 0. The second-order valence-corrected chi connectivity index (χ2v) is 5.28. The molecule has 1 aliphatic rings. The third-order valence-corrected chi connectivity index (χ3v) is 4.11. The van der Waals surface area contributed by atoms with E-state index in [9.17, 15) is 0 Å².